The van der Waals surface area contributed by atoms with Crippen molar-refractivity contribution < 1.29 is 23.5 Å². The van der Waals surface area contributed by atoms with Crippen LogP contribution in [0.1, 0.15) is 44.6 Å². The van der Waals surface area contributed by atoms with E-state index < -0.39 is 11.6 Å². The minimum absolute atomic E-state index is 0.104. The van der Waals surface area contributed by atoms with E-state index in [-0.39, 0.29) is 31.7 Å². The van der Waals surface area contributed by atoms with Crippen LogP contribution in [0.5, 0.6) is 11.5 Å². The molecule has 2 aromatic carbocycles. The first-order valence-electron chi connectivity index (χ1n) is 12.2. The zero-order valence-corrected chi connectivity index (χ0v) is 21.0. The van der Waals surface area contributed by atoms with E-state index in [0.717, 1.165) is 11.1 Å². The van der Waals surface area contributed by atoms with Gasteiger partial charge in [0, 0.05) is 12.1 Å². The largest absolute Gasteiger partial charge is 0.467 e. The third-order valence-corrected chi connectivity index (χ3v) is 6.53. The summed E-state index contributed by atoms with van der Waals surface area (Å²) in [5.74, 6) is 0.944. The van der Waals surface area contributed by atoms with E-state index in [1.54, 1.807) is 18.2 Å². The average molecular weight is 504 g/mol. The topological polar surface area (TPSA) is 112 Å². The number of nitrogens with zero attached hydrogens (tertiary/aromatic N) is 4. The van der Waals surface area contributed by atoms with Crippen LogP contribution in [0.15, 0.2) is 65.3 Å². The number of hydrogen-bond acceptors (Lipinski definition) is 7. The molecule has 4 aromatic rings. The van der Waals surface area contributed by atoms with Gasteiger partial charge >= 0.3 is 0 Å². The van der Waals surface area contributed by atoms with Crippen molar-refractivity contribution in [3.63, 3.8) is 0 Å². The Morgan fingerprint density at radius 1 is 1.11 bits per heavy atom. The number of carbonyl (C=O) groups is 2. The lowest BCUT2D eigenvalue weighted by molar-refractivity contribution is -0.143. The van der Waals surface area contributed by atoms with Crippen molar-refractivity contribution in [3.8, 4) is 11.5 Å². The Kier molecular flexibility index (Phi) is 6.56. The molecule has 1 atom stereocenters. The maximum atomic E-state index is 13.9. The summed E-state index contributed by atoms with van der Waals surface area (Å²) in [7, 11) is 0. The highest BCUT2D eigenvalue weighted by Crippen LogP contribution is 2.34. The van der Waals surface area contributed by atoms with Gasteiger partial charge in [-0.2, -0.15) is 0 Å². The first-order valence-corrected chi connectivity index (χ1v) is 12.2. The van der Waals surface area contributed by atoms with E-state index in [9.17, 15) is 9.59 Å². The number of amides is 2. The molecule has 5 rings (SSSR count). The van der Waals surface area contributed by atoms with E-state index in [0.29, 0.717) is 29.2 Å². The van der Waals surface area contributed by atoms with Crippen molar-refractivity contribution >= 4 is 22.8 Å². The summed E-state index contributed by atoms with van der Waals surface area (Å²) in [6.07, 6.45) is 2.21. The molecule has 0 saturated heterocycles. The van der Waals surface area contributed by atoms with E-state index in [1.807, 2.05) is 57.2 Å². The number of ether oxygens (including phenoxy) is 2. The normalized spacial score (nSPS) is 13.5. The molecule has 37 heavy (non-hydrogen) atoms. The zero-order chi connectivity index (χ0) is 26.0. The Morgan fingerprint density at radius 3 is 2.70 bits per heavy atom. The molecule has 1 aliphatic heterocycles. The summed E-state index contributed by atoms with van der Waals surface area (Å²) < 4.78 is 18.2. The van der Waals surface area contributed by atoms with Gasteiger partial charge in [0.05, 0.1) is 11.8 Å². The molecule has 3 heterocycles. The van der Waals surface area contributed by atoms with Gasteiger partial charge < -0.3 is 24.1 Å². The fourth-order valence-corrected chi connectivity index (χ4v) is 4.17. The second-order valence-corrected chi connectivity index (χ2v) is 9.59. The second kappa shape index (κ2) is 9.96. The quantitative estimate of drug-likeness (QED) is 0.369. The second-order valence-electron chi connectivity index (χ2n) is 9.59. The Morgan fingerprint density at radius 2 is 1.92 bits per heavy atom. The molecular formula is C27H29N5O5. The van der Waals surface area contributed by atoms with Crippen LogP contribution in [0.2, 0.25) is 0 Å². The smallest absolute Gasteiger partial charge is 0.251 e. The van der Waals surface area contributed by atoms with Crippen molar-refractivity contribution in [1.82, 2.24) is 25.2 Å². The number of aromatic nitrogens is 3. The molecule has 0 radical (unpaired) electrons. The zero-order valence-electron chi connectivity index (χ0n) is 21.0. The molecule has 2 aromatic heterocycles. The molecule has 0 saturated carbocycles. The molecule has 0 spiro atoms. The van der Waals surface area contributed by atoms with Crippen molar-refractivity contribution in [1.29, 1.82) is 0 Å². The number of nitrogens with one attached hydrogen (secondary N) is 1. The molecule has 0 bridgehead atoms. The summed E-state index contributed by atoms with van der Waals surface area (Å²) in [5, 5.41) is 11.4. The molecular weight excluding hydrogens is 474 g/mol. The van der Waals surface area contributed by atoms with Gasteiger partial charge in [-0.15, -0.1) is 5.10 Å². The first kappa shape index (κ1) is 24.4. The van der Waals surface area contributed by atoms with E-state index in [4.69, 9.17) is 13.9 Å². The van der Waals surface area contributed by atoms with E-state index >= 15 is 0 Å². The lowest BCUT2D eigenvalue weighted by atomic mass is 10.0. The molecule has 1 aliphatic rings. The van der Waals surface area contributed by atoms with Crippen LogP contribution in [0, 0.1) is 0 Å². The molecule has 192 valence electrons. The summed E-state index contributed by atoms with van der Waals surface area (Å²) in [4.78, 5) is 29.1. The number of para-hydroxylation sites is 1. The lowest BCUT2D eigenvalue weighted by Gasteiger charge is -2.33. The average Bonchev–Trinajstić information content (AvgIpc) is 3.65. The van der Waals surface area contributed by atoms with Crippen LogP contribution >= 0.6 is 0 Å². The highest BCUT2D eigenvalue weighted by atomic mass is 16.7. The highest BCUT2D eigenvalue weighted by molar-refractivity contribution is 5.89. The van der Waals surface area contributed by atoms with Crippen molar-refractivity contribution in [2.75, 3.05) is 6.79 Å². The fraction of sp³-hybridized carbons (Fsp3) is 0.333. The van der Waals surface area contributed by atoms with Gasteiger partial charge in [0.15, 0.2) is 17.5 Å². The van der Waals surface area contributed by atoms with Gasteiger partial charge in [0.2, 0.25) is 12.7 Å². The molecule has 1 N–H and O–H groups in total. The monoisotopic (exact) mass is 503 g/mol. The molecule has 0 aliphatic carbocycles. The van der Waals surface area contributed by atoms with Gasteiger partial charge in [-0.25, -0.2) is 4.68 Å². The van der Waals surface area contributed by atoms with Gasteiger partial charge in [0.25, 0.3) is 5.91 Å². The Bertz CT molecular complexity index is 1410. The van der Waals surface area contributed by atoms with Crippen LogP contribution in [0.25, 0.3) is 11.0 Å². The number of hydrogen-bond donors (Lipinski definition) is 1. The molecule has 10 nitrogen and oxygen atoms in total. The minimum atomic E-state index is -1.01. The summed E-state index contributed by atoms with van der Waals surface area (Å²) in [5.41, 5.74) is 1.71. The standard InChI is InChI=1S/C27H29N5O5/c1-4-27(2,3)28-26(34)25(22-10-7-13-35-22)31(15-18-11-12-21-23(14-18)37-17-36-21)24(33)16-32-20-9-6-5-8-19(20)29-30-32/h5-14,25H,4,15-17H2,1-3H3,(H,28,34)/t25-/m0/s1. The summed E-state index contributed by atoms with van der Waals surface area (Å²) in [6.45, 7) is 6.04. The van der Waals surface area contributed by atoms with E-state index in [2.05, 4.69) is 15.6 Å². The maximum Gasteiger partial charge on any atom is 0.251 e. The van der Waals surface area contributed by atoms with Crippen LogP contribution in [0.3, 0.4) is 0 Å². The third kappa shape index (κ3) is 5.13. The number of benzene rings is 2. The predicted octanol–water partition coefficient (Wildman–Crippen LogP) is 3.83. The molecule has 10 heteroatoms. The van der Waals surface area contributed by atoms with Crippen LogP contribution in [0.4, 0.5) is 0 Å². The maximum absolute atomic E-state index is 13.9. The van der Waals surface area contributed by atoms with Gasteiger partial charge in [-0.05, 0) is 62.2 Å². The van der Waals surface area contributed by atoms with Crippen molar-refractivity contribution in [3.05, 3.63) is 72.2 Å². The summed E-state index contributed by atoms with van der Waals surface area (Å²) in [6, 6.07) is 15.3. The Labute approximate surface area is 214 Å². The van der Waals surface area contributed by atoms with Crippen LogP contribution in [-0.4, -0.2) is 44.0 Å². The molecule has 0 unspecified atom stereocenters. The van der Waals surface area contributed by atoms with Crippen LogP contribution in [-0.2, 0) is 22.7 Å². The van der Waals surface area contributed by atoms with Crippen molar-refractivity contribution in [2.45, 2.75) is 51.9 Å². The van der Waals surface area contributed by atoms with Gasteiger partial charge in [-0.1, -0.05) is 30.3 Å². The van der Waals surface area contributed by atoms with Crippen molar-refractivity contribution in [2.24, 2.45) is 0 Å². The number of fused-ring (bicyclic) bond motifs is 2. The third-order valence-electron chi connectivity index (χ3n) is 6.53. The fourth-order valence-electron chi connectivity index (χ4n) is 4.17. The SMILES string of the molecule is CCC(C)(C)NC(=O)[C@H](c1ccco1)N(Cc1ccc2c(c1)OCO2)C(=O)Cn1nnc2ccccc21. The highest BCUT2D eigenvalue weighted by Gasteiger charge is 2.36. The summed E-state index contributed by atoms with van der Waals surface area (Å²) >= 11 is 0. The Balaban J connectivity index is 1.52. The number of carbonyl (C=O) groups excluding carboxylic acids is 2. The lowest BCUT2D eigenvalue weighted by Crippen LogP contribution is -2.50. The van der Waals surface area contributed by atoms with Gasteiger partial charge in [0.1, 0.15) is 17.8 Å². The molecule has 0 fully saturated rings. The van der Waals surface area contributed by atoms with Crippen LogP contribution < -0.4 is 14.8 Å². The van der Waals surface area contributed by atoms with E-state index in [1.165, 1.54) is 15.8 Å². The first-order chi connectivity index (χ1) is 17.8. The number of furan rings is 1. The minimum Gasteiger partial charge on any atom is -0.467 e. The van der Waals surface area contributed by atoms with Gasteiger partial charge in [-0.3, -0.25) is 9.59 Å². The molecule has 2 amide bonds. The Hall–Kier alpha value is -4.34. The predicted molar refractivity (Wildman–Crippen MR) is 135 cm³/mol. The number of rotatable bonds is 9.